The Labute approximate surface area is 103 Å². The van der Waals surface area contributed by atoms with Crippen molar-refractivity contribution in [2.75, 3.05) is 11.4 Å². The van der Waals surface area contributed by atoms with E-state index in [4.69, 9.17) is 11.6 Å². The molecule has 0 saturated heterocycles. The van der Waals surface area contributed by atoms with E-state index < -0.39 is 12.7 Å². The largest absolute Gasteiger partial charge is 0.405 e. The zero-order valence-corrected chi connectivity index (χ0v) is 9.93. The van der Waals surface area contributed by atoms with Gasteiger partial charge in [0.05, 0.1) is 0 Å². The molecule has 17 heavy (non-hydrogen) atoms. The van der Waals surface area contributed by atoms with Crippen LogP contribution in [0.3, 0.4) is 0 Å². The molecule has 0 unspecified atom stereocenters. The summed E-state index contributed by atoms with van der Waals surface area (Å²) in [7, 11) is 0. The highest BCUT2D eigenvalue weighted by Gasteiger charge is 2.38. The molecule has 0 bridgehead atoms. The molecule has 0 N–H and O–H groups in total. The maximum absolute atomic E-state index is 12.5. The second-order valence-corrected chi connectivity index (χ2v) is 4.54. The Hall–Kier alpha value is -0.900. The van der Waals surface area contributed by atoms with Crippen LogP contribution in [-0.4, -0.2) is 18.8 Å². The zero-order chi connectivity index (χ0) is 12.5. The number of rotatable bonds is 4. The van der Waals surface area contributed by atoms with Crippen LogP contribution in [-0.2, 0) is 5.88 Å². The van der Waals surface area contributed by atoms with E-state index in [1.807, 2.05) is 0 Å². The molecule has 1 fully saturated rings. The van der Waals surface area contributed by atoms with E-state index >= 15 is 0 Å². The number of nitrogens with zero attached hydrogens (tertiary/aromatic N) is 1. The molecule has 0 aromatic heterocycles. The SMILES string of the molecule is FC(F)(F)CN(c1ccc(CCl)cc1)C1CC1. The maximum Gasteiger partial charge on any atom is 0.405 e. The van der Waals surface area contributed by atoms with Gasteiger partial charge >= 0.3 is 6.18 Å². The van der Waals surface area contributed by atoms with Gasteiger partial charge in [0.2, 0.25) is 0 Å². The van der Waals surface area contributed by atoms with Crippen molar-refractivity contribution >= 4 is 17.3 Å². The highest BCUT2D eigenvalue weighted by Crippen LogP contribution is 2.34. The molecule has 1 aromatic carbocycles. The minimum Gasteiger partial charge on any atom is -0.360 e. The van der Waals surface area contributed by atoms with Crippen LogP contribution >= 0.6 is 11.6 Å². The Bertz CT molecular complexity index is 370. The molecule has 2 rings (SSSR count). The topological polar surface area (TPSA) is 3.24 Å². The molecule has 1 aliphatic rings. The van der Waals surface area contributed by atoms with Crippen molar-refractivity contribution in [3.63, 3.8) is 0 Å². The standard InChI is InChI=1S/C12H13ClF3N/c13-7-9-1-3-10(4-2-9)17(11-5-6-11)8-12(14,15)16/h1-4,11H,5-8H2. The molecule has 1 aromatic rings. The lowest BCUT2D eigenvalue weighted by atomic mass is 10.2. The fraction of sp³-hybridized carbons (Fsp3) is 0.500. The number of hydrogen-bond acceptors (Lipinski definition) is 1. The number of hydrogen-bond donors (Lipinski definition) is 0. The zero-order valence-electron chi connectivity index (χ0n) is 9.17. The van der Waals surface area contributed by atoms with Crippen LogP contribution in [0.15, 0.2) is 24.3 Å². The van der Waals surface area contributed by atoms with Crippen LogP contribution in [0.2, 0.25) is 0 Å². The molecule has 0 aliphatic heterocycles. The third-order valence-electron chi connectivity index (χ3n) is 2.76. The molecule has 0 spiro atoms. The Balaban J connectivity index is 2.14. The van der Waals surface area contributed by atoms with Gasteiger partial charge in [-0.25, -0.2) is 0 Å². The van der Waals surface area contributed by atoms with Gasteiger partial charge in [-0.15, -0.1) is 11.6 Å². The summed E-state index contributed by atoms with van der Waals surface area (Å²) >= 11 is 5.65. The number of halogens is 4. The first-order chi connectivity index (χ1) is 7.99. The van der Waals surface area contributed by atoms with Crippen LogP contribution in [0.1, 0.15) is 18.4 Å². The lowest BCUT2D eigenvalue weighted by Crippen LogP contribution is -2.35. The second-order valence-electron chi connectivity index (χ2n) is 4.27. The summed E-state index contributed by atoms with van der Waals surface area (Å²) in [5.74, 6) is 0.378. The van der Waals surface area contributed by atoms with E-state index in [2.05, 4.69) is 0 Å². The molecule has 0 amide bonds. The molecule has 0 radical (unpaired) electrons. The fourth-order valence-corrected chi connectivity index (χ4v) is 1.97. The van der Waals surface area contributed by atoms with Crippen LogP contribution in [0.25, 0.3) is 0 Å². The molecule has 0 heterocycles. The molecule has 1 aliphatic carbocycles. The summed E-state index contributed by atoms with van der Waals surface area (Å²) in [5, 5.41) is 0. The lowest BCUT2D eigenvalue weighted by Gasteiger charge is -2.26. The van der Waals surface area contributed by atoms with E-state index in [1.165, 1.54) is 4.90 Å². The van der Waals surface area contributed by atoms with E-state index in [-0.39, 0.29) is 6.04 Å². The van der Waals surface area contributed by atoms with Gasteiger partial charge in [-0.2, -0.15) is 13.2 Å². The van der Waals surface area contributed by atoms with Gasteiger partial charge in [0, 0.05) is 17.6 Å². The van der Waals surface area contributed by atoms with Gasteiger partial charge in [0.25, 0.3) is 0 Å². The van der Waals surface area contributed by atoms with E-state index in [9.17, 15) is 13.2 Å². The van der Waals surface area contributed by atoms with Gasteiger partial charge in [0.15, 0.2) is 0 Å². The Morgan fingerprint density at radius 1 is 1.18 bits per heavy atom. The van der Waals surface area contributed by atoms with Crippen molar-refractivity contribution in [2.24, 2.45) is 0 Å². The number of benzene rings is 1. The van der Waals surface area contributed by atoms with Crippen LogP contribution in [0, 0.1) is 0 Å². The summed E-state index contributed by atoms with van der Waals surface area (Å²) in [6, 6.07) is 7.00. The highest BCUT2D eigenvalue weighted by atomic mass is 35.5. The van der Waals surface area contributed by atoms with Crippen molar-refractivity contribution < 1.29 is 13.2 Å². The minimum atomic E-state index is -4.16. The molecule has 94 valence electrons. The first-order valence-corrected chi connectivity index (χ1v) is 6.01. The van der Waals surface area contributed by atoms with Crippen LogP contribution < -0.4 is 4.90 Å². The lowest BCUT2D eigenvalue weighted by molar-refractivity contribution is -0.120. The first-order valence-electron chi connectivity index (χ1n) is 5.48. The number of alkyl halides is 4. The van der Waals surface area contributed by atoms with Crippen molar-refractivity contribution in [1.29, 1.82) is 0 Å². The Morgan fingerprint density at radius 3 is 2.18 bits per heavy atom. The van der Waals surface area contributed by atoms with Gasteiger partial charge < -0.3 is 4.90 Å². The highest BCUT2D eigenvalue weighted by molar-refractivity contribution is 6.17. The average molecular weight is 264 g/mol. The molecule has 1 nitrogen and oxygen atoms in total. The normalized spacial score (nSPS) is 16.0. The maximum atomic E-state index is 12.5. The molecule has 1 saturated carbocycles. The van der Waals surface area contributed by atoms with Crippen molar-refractivity contribution in [1.82, 2.24) is 0 Å². The Kier molecular flexibility index (Phi) is 3.52. The molecular weight excluding hydrogens is 251 g/mol. The molecule has 5 heteroatoms. The van der Waals surface area contributed by atoms with E-state index in [1.54, 1.807) is 24.3 Å². The quantitative estimate of drug-likeness (QED) is 0.744. The summed E-state index contributed by atoms with van der Waals surface area (Å²) in [4.78, 5) is 1.43. The molecule has 0 atom stereocenters. The minimum absolute atomic E-state index is 0.0403. The summed E-state index contributed by atoms with van der Waals surface area (Å²) < 4.78 is 37.4. The van der Waals surface area contributed by atoms with E-state index in [0.717, 1.165) is 18.4 Å². The monoisotopic (exact) mass is 263 g/mol. The second kappa shape index (κ2) is 4.77. The number of anilines is 1. The van der Waals surface area contributed by atoms with Gasteiger partial charge in [-0.1, -0.05) is 12.1 Å². The fourth-order valence-electron chi connectivity index (χ4n) is 1.79. The van der Waals surface area contributed by atoms with Gasteiger partial charge in [-0.05, 0) is 30.5 Å². The molecular formula is C12H13ClF3N. The summed E-state index contributed by atoms with van der Waals surface area (Å²) in [6.07, 6.45) is -2.48. The van der Waals surface area contributed by atoms with Gasteiger partial charge in [0.1, 0.15) is 6.54 Å². The smallest absolute Gasteiger partial charge is 0.360 e. The predicted octanol–water partition coefficient (Wildman–Crippen LogP) is 3.96. The van der Waals surface area contributed by atoms with Crippen LogP contribution in [0.4, 0.5) is 18.9 Å². The van der Waals surface area contributed by atoms with Crippen molar-refractivity contribution in [2.45, 2.75) is 30.9 Å². The third kappa shape index (κ3) is 3.53. The Morgan fingerprint density at radius 2 is 1.76 bits per heavy atom. The van der Waals surface area contributed by atoms with Crippen molar-refractivity contribution in [3.8, 4) is 0 Å². The third-order valence-corrected chi connectivity index (χ3v) is 3.07. The van der Waals surface area contributed by atoms with Gasteiger partial charge in [-0.3, -0.25) is 0 Å². The van der Waals surface area contributed by atoms with E-state index in [0.29, 0.717) is 11.6 Å². The van der Waals surface area contributed by atoms with Crippen molar-refractivity contribution in [3.05, 3.63) is 29.8 Å². The average Bonchev–Trinajstić information content (AvgIpc) is 3.09. The predicted molar refractivity (Wildman–Crippen MR) is 62.4 cm³/mol. The first kappa shape index (κ1) is 12.6. The summed E-state index contributed by atoms with van der Waals surface area (Å²) in [5.41, 5.74) is 1.54. The summed E-state index contributed by atoms with van der Waals surface area (Å²) in [6.45, 7) is -0.877. The van der Waals surface area contributed by atoms with Crippen LogP contribution in [0.5, 0.6) is 0 Å².